The molecule has 0 spiro atoms. The second-order valence-electron chi connectivity index (χ2n) is 9.42. The Balaban J connectivity index is 1.60. The molecule has 0 radical (unpaired) electrons. The Hall–Kier alpha value is -2.73. The van der Waals surface area contributed by atoms with Crippen molar-refractivity contribution in [1.29, 1.82) is 0 Å². The highest BCUT2D eigenvalue weighted by Crippen LogP contribution is 2.50. The molecule has 0 saturated carbocycles. The van der Waals surface area contributed by atoms with Gasteiger partial charge in [0.15, 0.2) is 11.7 Å². The molecule has 178 valence electrons. The molecule has 0 N–H and O–H groups in total. The van der Waals surface area contributed by atoms with Gasteiger partial charge in [-0.1, -0.05) is 72.8 Å². The van der Waals surface area contributed by atoms with Gasteiger partial charge in [-0.2, -0.15) is 0 Å². The highest BCUT2D eigenvalue weighted by molar-refractivity contribution is 5.93. The predicted molar refractivity (Wildman–Crippen MR) is 134 cm³/mol. The summed E-state index contributed by atoms with van der Waals surface area (Å²) >= 11 is 0. The Morgan fingerprint density at radius 2 is 1.79 bits per heavy atom. The van der Waals surface area contributed by atoms with Crippen molar-refractivity contribution in [2.24, 2.45) is 10.9 Å². The molecule has 1 aliphatic carbocycles. The smallest absolute Gasteiger partial charge is 0.196 e. The van der Waals surface area contributed by atoms with E-state index in [9.17, 15) is 0 Å². The number of fused-ring (bicyclic) bond motifs is 1. The van der Waals surface area contributed by atoms with Gasteiger partial charge in [-0.05, 0) is 30.0 Å². The third-order valence-corrected chi connectivity index (χ3v) is 7.34. The maximum Gasteiger partial charge on any atom is 0.196 e. The lowest BCUT2D eigenvalue weighted by Crippen LogP contribution is -2.45. The van der Waals surface area contributed by atoms with Crippen LogP contribution in [0.2, 0.25) is 0 Å². The number of aliphatic imine (C=N–C) groups is 1. The first kappa shape index (κ1) is 23.0. The van der Waals surface area contributed by atoms with Crippen LogP contribution in [0.3, 0.4) is 0 Å². The molecule has 4 atom stereocenters. The molecule has 5 rings (SSSR count). The lowest BCUT2D eigenvalue weighted by molar-refractivity contribution is -0.149. The maximum atomic E-state index is 6.80. The van der Waals surface area contributed by atoms with E-state index in [4.69, 9.17) is 23.9 Å². The third kappa shape index (κ3) is 4.02. The van der Waals surface area contributed by atoms with Crippen LogP contribution in [0, 0.1) is 5.92 Å². The Bertz CT molecular complexity index is 1070. The molecule has 0 aromatic heterocycles. The highest BCUT2D eigenvalue weighted by Gasteiger charge is 2.52. The molecule has 2 heterocycles. The van der Waals surface area contributed by atoms with Gasteiger partial charge in [-0.25, -0.2) is 4.99 Å². The van der Waals surface area contributed by atoms with E-state index in [1.807, 2.05) is 31.2 Å². The molecule has 0 unspecified atom stereocenters. The highest BCUT2D eigenvalue weighted by atomic mass is 16.7. The first-order valence-corrected chi connectivity index (χ1v) is 12.1. The molecule has 2 aromatic rings. The zero-order valence-electron chi connectivity index (χ0n) is 20.0. The van der Waals surface area contributed by atoms with Crippen molar-refractivity contribution in [1.82, 2.24) is 0 Å². The van der Waals surface area contributed by atoms with Gasteiger partial charge in [0.25, 0.3) is 0 Å². The van der Waals surface area contributed by atoms with Crippen molar-refractivity contribution in [2.75, 3.05) is 26.9 Å². The van der Waals surface area contributed by atoms with Gasteiger partial charge in [0.2, 0.25) is 0 Å². The van der Waals surface area contributed by atoms with E-state index in [0.29, 0.717) is 26.2 Å². The summed E-state index contributed by atoms with van der Waals surface area (Å²) in [5.41, 5.74) is 2.97. The van der Waals surface area contributed by atoms with Crippen molar-refractivity contribution in [2.45, 2.75) is 43.1 Å². The molecule has 1 fully saturated rings. The normalized spacial score (nSPS) is 29.4. The summed E-state index contributed by atoms with van der Waals surface area (Å²) in [6.07, 6.45) is 7.68. The lowest BCUT2D eigenvalue weighted by atomic mass is 9.63. The summed E-state index contributed by atoms with van der Waals surface area (Å²) in [6.45, 7) is 7.96. The number of hydrogen-bond donors (Lipinski definition) is 0. The fourth-order valence-corrected chi connectivity index (χ4v) is 5.57. The number of nitrogens with zero attached hydrogens (tertiary/aromatic N) is 1. The van der Waals surface area contributed by atoms with Crippen LogP contribution in [-0.2, 0) is 24.4 Å². The molecule has 5 nitrogen and oxygen atoms in total. The fraction of sp³-hybridized carbons (Fsp3) is 0.414. The molecule has 3 aliphatic rings. The summed E-state index contributed by atoms with van der Waals surface area (Å²) in [5, 5.41) is 0. The number of benzene rings is 2. The van der Waals surface area contributed by atoms with Crippen molar-refractivity contribution in [3.63, 3.8) is 0 Å². The first-order chi connectivity index (χ1) is 16.6. The van der Waals surface area contributed by atoms with E-state index in [2.05, 4.69) is 55.1 Å². The second kappa shape index (κ2) is 9.49. The number of hydrogen-bond acceptors (Lipinski definition) is 5. The van der Waals surface area contributed by atoms with Gasteiger partial charge in [0.05, 0.1) is 25.2 Å². The van der Waals surface area contributed by atoms with Crippen molar-refractivity contribution in [3.05, 3.63) is 90.0 Å². The molecule has 0 amide bonds. The number of allylic oxidation sites excluding steroid dienone is 2. The van der Waals surface area contributed by atoms with Gasteiger partial charge in [-0.3, -0.25) is 0 Å². The molecule has 2 aromatic carbocycles. The van der Waals surface area contributed by atoms with Crippen LogP contribution in [0.5, 0.6) is 0 Å². The molecule has 0 bridgehead atoms. The molecule has 1 saturated heterocycles. The van der Waals surface area contributed by atoms with Gasteiger partial charge in [-0.15, -0.1) is 6.58 Å². The average Bonchev–Trinajstić information content (AvgIpc) is 3.50. The number of rotatable bonds is 8. The first-order valence-electron chi connectivity index (χ1n) is 12.1. The van der Waals surface area contributed by atoms with Gasteiger partial charge in [0, 0.05) is 19.4 Å². The van der Waals surface area contributed by atoms with Crippen LogP contribution in [0.4, 0.5) is 0 Å². The summed E-state index contributed by atoms with van der Waals surface area (Å²) in [7, 11) is 1.71. The topological polar surface area (TPSA) is 49.3 Å². The summed E-state index contributed by atoms with van der Waals surface area (Å²) in [6, 6.07) is 18.7. The average molecular weight is 460 g/mol. The zero-order chi connectivity index (χ0) is 23.6. The Labute approximate surface area is 202 Å². The fourth-order valence-electron chi connectivity index (χ4n) is 5.57. The summed E-state index contributed by atoms with van der Waals surface area (Å²) < 4.78 is 24.3. The number of methoxy groups -OCH3 is 1. The molecule has 2 aliphatic heterocycles. The van der Waals surface area contributed by atoms with E-state index in [0.717, 1.165) is 17.9 Å². The van der Waals surface area contributed by atoms with Gasteiger partial charge < -0.3 is 18.9 Å². The maximum absolute atomic E-state index is 6.80. The van der Waals surface area contributed by atoms with Gasteiger partial charge in [0.1, 0.15) is 12.1 Å². The Kier molecular flexibility index (Phi) is 6.43. The molecular formula is C29H33NO4. The molecule has 5 heteroatoms. The Morgan fingerprint density at radius 1 is 1.06 bits per heavy atom. The zero-order valence-corrected chi connectivity index (χ0v) is 20.0. The third-order valence-electron chi connectivity index (χ3n) is 7.34. The quantitative estimate of drug-likeness (QED) is 0.491. The van der Waals surface area contributed by atoms with Crippen LogP contribution < -0.4 is 0 Å². The van der Waals surface area contributed by atoms with Gasteiger partial charge >= 0.3 is 0 Å². The van der Waals surface area contributed by atoms with E-state index in [1.165, 1.54) is 11.1 Å². The minimum Gasteiger partial charge on any atom is -0.470 e. The monoisotopic (exact) mass is 459 g/mol. The second-order valence-corrected chi connectivity index (χ2v) is 9.42. The van der Waals surface area contributed by atoms with Crippen LogP contribution in [-0.4, -0.2) is 44.7 Å². The van der Waals surface area contributed by atoms with Crippen LogP contribution >= 0.6 is 0 Å². The summed E-state index contributed by atoms with van der Waals surface area (Å²) in [5.74, 6) is 0.147. The van der Waals surface area contributed by atoms with E-state index < -0.39 is 11.2 Å². The van der Waals surface area contributed by atoms with Crippen LogP contribution in [0.25, 0.3) is 6.08 Å². The number of ether oxygens (including phenoxy) is 4. The standard InChI is InChI=1S/C29H33NO4/c1-4-23-15-14-21-10-8-9-13-24(21)29(23,17-16-28(2)32-18-19-33-28)27-30-25(20-31-3)26(34-27)22-11-6-5-7-12-22/h4-15,23,25-26H,1,16-20H2,2-3H3/t23-,25-,26-,29-/m0/s1. The van der Waals surface area contributed by atoms with E-state index in [1.54, 1.807) is 7.11 Å². The van der Waals surface area contributed by atoms with Crippen LogP contribution in [0.1, 0.15) is 42.6 Å². The minimum absolute atomic E-state index is 0.0175. The van der Waals surface area contributed by atoms with E-state index >= 15 is 0 Å². The van der Waals surface area contributed by atoms with Crippen LogP contribution in [0.15, 0.2) is 78.3 Å². The van der Waals surface area contributed by atoms with Crippen molar-refractivity contribution >= 4 is 12.0 Å². The minimum atomic E-state index is -0.612. The van der Waals surface area contributed by atoms with Crippen molar-refractivity contribution in [3.8, 4) is 0 Å². The van der Waals surface area contributed by atoms with E-state index in [-0.39, 0.29) is 18.1 Å². The molecule has 34 heavy (non-hydrogen) atoms. The Morgan fingerprint density at radius 3 is 2.53 bits per heavy atom. The lowest BCUT2D eigenvalue weighted by Gasteiger charge is -2.42. The summed E-state index contributed by atoms with van der Waals surface area (Å²) in [4.78, 5) is 5.20. The predicted octanol–water partition coefficient (Wildman–Crippen LogP) is 5.48. The van der Waals surface area contributed by atoms with Crippen molar-refractivity contribution < 1.29 is 18.9 Å². The molecular weight excluding hydrogens is 426 g/mol. The largest absolute Gasteiger partial charge is 0.470 e. The SMILES string of the molecule is C=C[C@H]1C=Cc2ccccc2[C@@]1(CCC1(C)OCCO1)C1=N[C@@H](COC)[C@H](c2ccccc2)O1.